The third kappa shape index (κ3) is 3.72. The minimum atomic E-state index is -0.250. The lowest BCUT2D eigenvalue weighted by atomic mass is 10.1. The number of hydrogen-bond donors (Lipinski definition) is 1. The molecule has 3 heterocycles. The highest BCUT2D eigenvalue weighted by molar-refractivity contribution is 5.84. The van der Waals surface area contributed by atoms with E-state index in [1.807, 2.05) is 47.6 Å². The molecule has 0 saturated carbocycles. The molecule has 0 radical (unpaired) electrons. The summed E-state index contributed by atoms with van der Waals surface area (Å²) < 4.78 is 3.97. The SMILES string of the molecule is Cc1cc(-c2nccn2C)nc2c1c(C)nn2Cc1ccccc1.O=CO. The first-order chi connectivity index (χ1) is 13.0. The quantitative estimate of drug-likeness (QED) is 0.565. The van der Waals surface area contributed by atoms with Crippen LogP contribution < -0.4 is 0 Å². The van der Waals surface area contributed by atoms with E-state index in [1.54, 1.807) is 6.20 Å². The number of aromatic nitrogens is 5. The van der Waals surface area contributed by atoms with E-state index in [0.717, 1.165) is 28.2 Å². The van der Waals surface area contributed by atoms with E-state index in [9.17, 15) is 0 Å². The Morgan fingerprint density at radius 3 is 2.52 bits per heavy atom. The molecule has 1 aromatic carbocycles. The maximum absolute atomic E-state index is 8.36. The number of fused-ring (bicyclic) bond motifs is 1. The number of pyridine rings is 1. The average Bonchev–Trinajstić information content (AvgIpc) is 3.20. The first kappa shape index (κ1) is 18.3. The van der Waals surface area contributed by atoms with E-state index < -0.39 is 0 Å². The van der Waals surface area contributed by atoms with Crippen LogP contribution in [0, 0.1) is 13.8 Å². The molecule has 1 N–H and O–H groups in total. The van der Waals surface area contributed by atoms with Gasteiger partial charge >= 0.3 is 0 Å². The summed E-state index contributed by atoms with van der Waals surface area (Å²) in [5.41, 5.74) is 5.19. The van der Waals surface area contributed by atoms with Crippen molar-refractivity contribution >= 4 is 17.5 Å². The number of imidazole rings is 1. The zero-order valence-corrected chi connectivity index (χ0v) is 15.5. The van der Waals surface area contributed by atoms with Gasteiger partial charge in [-0.3, -0.25) is 4.79 Å². The van der Waals surface area contributed by atoms with Gasteiger partial charge in [-0.05, 0) is 31.0 Å². The van der Waals surface area contributed by atoms with Gasteiger partial charge in [-0.1, -0.05) is 30.3 Å². The summed E-state index contributed by atoms with van der Waals surface area (Å²) >= 11 is 0. The Kier molecular flexibility index (Phi) is 5.30. The van der Waals surface area contributed by atoms with Gasteiger partial charge in [-0.25, -0.2) is 14.6 Å². The highest BCUT2D eigenvalue weighted by atomic mass is 16.3. The molecule has 0 unspecified atom stereocenters. The summed E-state index contributed by atoms with van der Waals surface area (Å²) in [6.45, 7) is 4.61. The van der Waals surface area contributed by atoms with Crippen molar-refractivity contribution in [3.8, 4) is 11.5 Å². The lowest BCUT2D eigenvalue weighted by molar-refractivity contribution is -0.122. The van der Waals surface area contributed by atoms with Gasteiger partial charge in [-0.15, -0.1) is 0 Å². The number of carboxylic acid groups (broad SMARTS) is 1. The molecule has 0 spiro atoms. The maximum Gasteiger partial charge on any atom is 0.290 e. The number of carbonyl (C=O) groups is 1. The molecule has 0 aliphatic carbocycles. The molecule has 7 nitrogen and oxygen atoms in total. The predicted octanol–water partition coefficient (Wildman–Crippen LogP) is 3.20. The van der Waals surface area contributed by atoms with Crippen LogP contribution in [0.15, 0.2) is 48.8 Å². The van der Waals surface area contributed by atoms with Crippen molar-refractivity contribution in [2.75, 3.05) is 0 Å². The van der Waals surface area contributed by atoms with Crippen molar-refractivity contribution < 1.29 is 9.90 Å². The maximum atomic E-state index is 8.36. The smallest absolute Gasteiger partial charge is 0.290 e. The number of nitrogens with zero attached hydrogens (tertiary/aromatic N) is 5. The summed E-state index contributed by atoms with van der Waals surface area (Å²) in [6.07, 6.45) is 3.73. The highest BCUT2D eigenvalue weighted by Gasteiger charge is 2.15. The topological polar surface area (TPSA) is 85.8 Å². The minimum Gasteiger partial charge on any atom is -0.483 e. The van der Waals surface area contributed by atoms with Crippen molar-refractivity contribution in [3.05, 3.63) is 65.6 Å². The average molecular weight is 363 g/mol. The first-order valence-electron chi connectivity index (χ1n) is 8.49. The third-order valence-electron chi connectivity index (χ3n) is 4.30. The van der Waals surface area contributed by atoms with E-state index >= 15 is 0 Å². The molecule has 3 aromatic heterocycles. The van der Waals surface area contributed by atoms with Gasteiger partial charge in [0.25, 0.3) is 6.47 Å². The van der Waals surface area contributed by atoms with Crippen LogP contribution in [0.1, 0.15) is 16.8 Å². The first-order valence-corrected chi connectivity index (χ1v) is 8.49. The summed E-state index contributed by atoms with van der Waals surface area (Å²) in [5, 5.41) is 12.7. The van der Waals surface area contributed by atoms with Crippen LogP contribution in [0.25, 0.3) is 22.6 Å². The molecular formula is C20H21N5O2. The van der Waals surface area contributed by atoms with Crippen molar-refractivity contribution in [2.24, 2.45) is 7.05 Å². The Labute approximate surface area is 156 Å². The van der Waals surface area contributed by atoms with E-state index in [1.165, 1.54) is 11.1 Å². The number of benzene rings is 1. The fourth-order valence-corrected chi connectivity index (χ4v) is 3.16. The van der Waals surface area contributed by atoms with E-state index in [4.69, 9.17) is 20.0 Å². The Bertz CT molecular complexity index is 1070. The van der Waals surface area contributed by atoms with Crippen LogP contribution in [0.3, 0.4) is 0 Å². The van der Waals surface area contributed by atoms with Crippen LogP contribution in [0.4, 0.5) is 0 Å². The van der Waals surface area contributed by atoms with Gasteiger partial charge in [0, 0.05) is 24.8 Å². The molecule has 138 valence electrons. The Balaban J connectivity index is 0.000000659. The minimum absolute atomic E-state index is 0.250. The van der Waals surface area contributed by atoms with Crippen LogP contribution in [-0.2, 0) is 18.4 Å². The zero-order chi connectivity index (χ0) is 19.4. The number of hydrogen-bond acceptors (Lipinski definition) is 4. The second kappa shape index (κ2) is 7.82. The van der Waals surface area contributed by atoms with Crippen molar-refractivity contribution in [1.82, 2.24) is 24.3 Å². The Morgan fingerprint density at radius 1 is 1.19 bits per heavy atom. The third-order valence-corrected chi connectivity index (χ3v) is 4.30. The summed E-state index contributed by atoms with van der Waals surface area (Å²) in [6, 6.07) is 12.4. The largest absolute Gasteiger partial charge is 0.483 e. The van der Waals surface area contributed by atoms with Gasteiger partial charge in [0.2, 0.25) is 0 Å². The summed E-state index contributed by atoms with van der Waals surface area (Å²) in [4.78, 5) is 17.7. The van der Waals surface area contributed by atoms with E-state index in [2.05, 4.69) is 30.1 Å². The highest BCUT2D eigenvalue weighted by Crippen LogP contribution is 2.26. The molecule has 7 heteroatoms. The second-order valence-electron chi connectivity index (χ2n) is 6.22. The predicted molar refractivity (Wildman–Crippen MR) is 103 cm³/mol. The number of rotatable bonds is 3. The van der Waals surface area contributed by atoms with Gasteiger partial charge in [-0.2, -0.15) is 5.10 Å². The Hall–Kier alpha value is -3.48. The monoisotopic (exact) mass is 363 g/mol. The molecule has 4 aromatic rings. The lowest BCUT2D eigenvalue weighted by Crippen LogP contribution is -2.04. The van der Waals surface area contributed by atoms with Crippen LogP contribution in [0.2, 0.25) is 0 Å². The molecular weight excluding hydrogens is 342 g/mol. The molecule has 0 atom stereocenters. The molecule has 0 fully saturated rings. The van der Waals surface area contributed by atoms with Gasteiger partial charge < -0.3 is 9.67 Å². The van der Waals surface area contributed by atoms with Gasteiger partial charge in [0.15, 0.2) is 11.5 Å². The lowest BCUT2D eigenvalue weighted by Gasteiger charge is -2.07. The molecule has 0 aliphatic rings. The molecule has 27 heavy (non-hydrogen) atoms. The molecule has 0 saturated heterocycles. The van der Waals surface area contributed by atoms with E-state index in [-0.39, 0.29) is 6.47 Å². The molecule has 4 rings (SSSR count). The van der Waals surface area contributed by atoms with Gasteiger partial charge in [0.05, 0.1) is 12.2 Å². The summed E-state index contributed by atoms with van der Waals surface area (Å²) in [7, 11) is 1.98. The molecule has 0 bridgehead atoms. The van der Waals surface area contributed by atoms with Gasteiger partial charge in [0.1, 0.15) is 5.69 Å². The van der Waals surface area contributed by atoms with Crippen molar-refractivity contribution in [1.29, 1.82) is 0 Å². The molecule has 0 aliphatic heterocycles. The Morgan fingerprint density at radius 2 is 1.89 bits per heavy atom. The normalized spacial score (nSPS) is 10.5. The van der Waals surface area contributed by atoms with Crippen LogP contribution >= 0.6 is 0 Å². The van der Waals surface area contributed by atoms with Crippen molar-refractivity contribution in [2.45, 2.75) is 20.4 Å². The van der Waals surface area contributed by atoms with Crippen LogP contribution in [0.5, 0.6) is 0 Å². The standard InChI is InChI=1S/C19H19N5.CH2O2/c1-13-11-16(18-20-9-10-23(18)3)21-19-17(13)14(2)22-24(19)12-15-7-5-4-6-8-15;2-1-3/h4-11H,12H2,1-3H3;1H,(H,2,3). The summed E-state index contributed by atoms with van der Waals surface area (Å²) in [5.74, 6) is 0.866. The second-order valence-corrected chi connectivity index (χ2v) is 6.22. The van der Waals surface area contributed by atoms with E-state index in [0.29, 0.717) is 6.54 Å². The fraction of sp³-hybridized carbons (Fsp3) is 0.200. The molecule has 0 amide bonds. The zero-order valence-electron chi connectivity index (χ0n) is 15.5. The number of aryl methyl sites for hydroxylation is 3. The fourth-order valence-electron chi connectivity index (χ4n) is 3.16. The van der Waals surface area contributed by atoms with Crippen LogP contribution in [-0.4, -0.2) is 35.9 Å². The van der Waals surface area contributed by atoms with Crippen molar-refractivity contribution in [3.63, 3.8) is 0 Å².